The van der Waals surface area contributed by atoms with Crippen molar-refractivity contribution in [3.05, 3.63) is 35.9 Å². The van der Waals surface area contributed by atoms with Crippen LogP contribution in [0, 0.1) is 12.8 Å². The topological polar surface area (TPSA) is 77.3 Å². The van der Waals surface area contributed by atoms with Crippen LogP contribution in [-0.4, -0.2) is 47.0 Å². The molecule has 3 rings (SSSR count). The second-order valence-electron chi connectivity index (χ2n) is 6.75. The Morgan fingerprint density at radius 2 is 1.89 bits per heavy atom. The molecule has 1 aliphatic rings. The number of ether oxygens (including phenoxy) is 1. The van der Waals surface area contributed by atoms with Gasteiger partial charge in [-0.1, -0.05) is 6.07 Å². The van der Waals surface area contributed by atoms with E-state index in [0.29, 0.717) is 31.8 Å². The smallest absolute Gasteiger partial charge is 0.433 e. The first-order valence-corrected chi connectivity index (χ1v) is 10.2. The lowest BCUT2D eigenvalue weighted by Crippen LogP contribution is -2.39. The van der Waals surface area contributed by atoms with Crippen LogP contribution in [0.5, 0.6) is 5.88 Å². The third-order valence-corrected chi connectivity index (χ3v) is 6.52. The zero-order chi connectivity index (χ0) is 20.5. The Kier molecular flexibility index (Phi) is 5.67. The average molecular weight is 418 g/mol. The molecular formula is C17H21F3N4O3S. The molecule has 0 unspecified atom stereocenters. The maximum absolute atomic E-state index is 12.7. The molecule has 0 amide bonds. The Balaban J connectivity index is 1.56. The minimum absolute atomic E-state index is 0.0235. The van der Waals surface area contributed by atoms with Crippen molar-refractivity contribution in [1.82, 2.24) is 18.8 Å². The summed E-state index contributed by atoms with van der Waals surface area (Å²) < 4.78 is 71.9. The van der Waals surface area contributed by atoms with Gasteiger partial charge in [0.1, 0.15) is 11.5 Å². The molecule has 0 aromatic carbocycles. The van der Waals surface area contributed by atoms with Crippen molar-refractivity contribution in [2.75, 3.05) is 19.7 Å². The predicted molar refractivity (Wildman–Crippen MR) is 94.2 cm³/mol. The second-order valence-corrected chi connectivity index (χ2v) is 8.64. The molecule has 0 radical (unpaired) electrons. The van der Waals surface area contributed by atoms with Crippen LogP contribution in [0.15, 0.2) is 29.4 Å². The molecule has 2 aromatic heterocycles. The van der Waals surface area contributed by atoms with Gasteiger partial charge in [-0.3, -0.25) is 0 Å². The van der Waals surface area contributed by atoms with E-state index >= 15 is 0 Å². The summed E-state index contributed by atoms with van der Waals surface area (Å²) >= 11 is 0. The van der Waals surface area contributed by atoms with Gasteiger partial charge in [0.05, 0.1) is 6.61 Å². The number of hydrogen-bond donors (Lipinski definition) is 0. The van der Waals surface area contributed by atoms with Crippen molar-refractivity contribution in [1.29, 1.82) is 0 Å². The highest BCUT2D eigenvalue weighted by molar-refractivity contribution is 7.89. The minimum Gasteiger partial charge on any atom is -0.477 e. The van der Waals surface area contributed by atoms with E-state index in [9.17, 15) is 21.6 Å². The number of rotatable bonds is 5. The molecular weight excluding hydrogens is 397 g/mol. The van der Waals surface area contributed by atoms with Gasteiger partial charge in [0.25, 0.3) is 10.0 Å². The van der Waals surface area contributed by atoms with E-state index in [1.54, 1.807) is 18.5 Å². The van der Waals surface area contributed by atoms with E-state index in [0.717, 1.165) is 6.07 Å². The molecule has 3 heterocycles. The lowest BCUT2D eigenvalue weighted by Gasteiger charge is -2.30. The van der Waals surface area contributed by atoms with Gasteiger partial charge in [-0.05, 0) is 31.7 Å². The number of halogens is 3. The summed E-state index contributed by atoms with van der Waals surface area (Å²) in [6, 6.07) is 3.50. The van der Waals surface area contributed by atoms with Gasteiger partial charge in [0.2, 0.25) is 5.88 Å². The molecule has 0 saturated carbocycles. The minimum atomic E-state index is -4.52. The predicted octanol–water partition coefficient (Wildman–Crippen LogP) is 2.62. The molecule has 2 aromatic rings. The number of pyridine rings is 1. The van der Waals surface area contributed by atoms with Crippen LogP contribution in [0.3, 0.4) is 0 Å². The number of piperidine rings is 1. The van der Waals surface area contributed by atoms with Crippen molar-refractivity contribution in [2.45, 2.75) is 31.0 Å². The largest absolute Gasteiger partial charge is 0.477 e. The number of alkyl halides is 3. The number of hydrogen-bond acceptors (Lipinski definition) is 5. The van der Waals surface area contributed by atoms with Crippen LogP contribution in [0.1, 0.15) is 24.4 Å². The fourth-order valence-corrected chi connectivity index (χ4v) is 4.45. The van der Waals surface area contributed by atoms with Crippen molar-refractivity contribution in [3.63, 3.8) is 0 Å². The third-order valence-electron chi connectivity index (χ3n) is 4.75. The summed E-state index contributed by atoms with van der Waals surface area (Å²) in [4.78, 5) is 7.56. The highest BCUT2D eigenvalue weighted by Crippen LogP contribution is 2.29. The molecule has 0 bridgehead atoms. The van der Waals surface area contributed by atoms with Gasteiger partial charge in [-0.2, -0.15) is 17.5 Å². The quantitative estimate of drug-likeness (QED) is 0.746. The summed E-state index contributed by atoms with van der Waals surface area (Å²) in [6.45, 7) is 2.53. The fraction of sp³-hybridized carbons (Fsp3) is 0.529. The SMILES string of the molecule is Cc1nc(S(=O)(=O)N2CCC(COc3cccc(C(F)(F)F)n3)CC2)cn1C. The summed E-state index contributed by atoms with van der Waals surface area (Å²) in [5.41, 5.74) is -1.00. The van der Waals surface area contributed by atoms with E-state index in [1.807, 2.05) is 0 Å². The Labute approximate surface area is 161 Å². The molecule has 0 N–H and O–H groups in total. The number of aryl methyl sites for hydroxylation is 2. The lowest BCUT2D eigenvalue weighted by atomic mass is 9.99. The van der Waals surface area contributed by atoms with Gasteiger partial charge >= 0.3 is 6.18 Å². The van der Waals surface area contributed by atoms with E-state index in [2.05, 4.69) is 9.97 Å². The average Bonchev–Trinajstić information content (AvgIpc) is 2.99. The van der Waals surface area contributed by atoms with Crippen LogP contribution >= 0.6 is 0 Å². The first-order chi connectivity index (χ1) is 13.1. The number of imidazole rings is 1. The van der Waals surface area contributed by atoms with Gasteiger partial charge < -0.3 is 9.30 Å². The molecule has 1 fully saturated rings. The first kappa shape index (κ1) is 20.6. The van der Waals surface area contributed by atoms with Crippen LogP contribution in [0.2, 0.25) is 0 Å². The van der Waals surface area contributed by atoms with Gasteiger partial charge in [0.15, 0.2) is 5.03 Å². The van der Waals surface area contributed by atoms with Crippen molar-refractivity contribution in [3.8, 4) is 5.88 Å². The Hall–Kier alpha value is -2.14. The molecule has 7 nitrogen and oxygen atoms in total. The van der Waals surface area contributed by atoms with Crippen molar-refractivity contribution < 1.29 is 26.3 Å². The highest BCUT2D eigenvalue weighted by atomic mass is 32.2. The standard InChI is InChI=1S/C17H21F3N4O3S/c1-12-21-16(10-23(12)2)28(25,26)24-8-6-13(7-9-24)11-27-15-5-3-4-14(22-15)17(18,19)20/h3-5,10,13H,6-9,11H2,1-2H3. The Morgan fingerprint density at radius 3 is 2.46 bits per heavy atom. The fourth-order valence-electron chi connectivity index (χ4n) is 2.96. The first-order valence-electron chi connectivity index (χ1n) is 8.74. The van der Waals surface area contributed by atoms with Crippen LogP contribution in [0.25, 0.3) is 0 Å². The van der Waals surface area contributed by atoms with Crippen LogP contribution in [0.4, 0.5) is 13.2 Å². The number of aromatic nitrogens is 3. The molecule has 1 saturated heterocycles. The third kappa shape index (κ3) is 4.46. The van der Waals surface area contributed by atoms with Crippen LogP contribution in [-0.2, 0) is 23.2 Å². The maximum atomic E-state index is 12.7. The molecule has 28 heavy (non-hydrogen) atoms. The molecule has 11 heteroatoms. The maximum Gasteiger partial charge on any atom is 0.433 e. The van der Waals surface area contributed by atoms with Gasteiger partial charge in [0, 0.05) is 32.4 Å². The monoisotopic (exact) mass is 418 g/mol. The molecule has 154 valence electrons. The van der Waals surface area contributed by atoms with E-state index in [4.69, 9.17) is 4.74 Å². The van der Waals surface area contributed by atoms with E-state index in [-0.39, 0.29) is 23.4 Å². The molecule has 0 aliphatic carbocycles. The summed E-state index contributed by atoms with van der Waals surface area (Å²) in [5.74, 6) is 0.553. The Bertz CT molecular complexity index is 916. The van der Waals surface area contributed by atoms with Crippen molar-refractivity contribution in [2.24, 2.45) is 13.0 Å². The highest BCUT2D eigenvalue weighted by Gasteiger charge is 2.33. The lowest BCUT2D eigenvalue weighted by molar-refractivity contribution is -0.141. The summed E-state index contributed by atoms with van der Waals surface area (Å²) in [6.07, 6.45) is -1.95. The molecule has 1 aliphatic heterocycles. The van der Waals surface area contributed by atoms with Crippen molar-refractivity contribution >= 4 is 10.0 Å². The Morgan fingerprint density at radius 1 is 1.21 bits per heavy atom. The van der Waals surface area contributed by atoms with Gasteiger partial charge in [-0.25, -0.2) is 18.4 Å². The summed E-state index contributed by atoms with van der Waals surface area (Å²) in [5, 5.41) is 0.0235. The zero-order valence-corrected chi connectivity index (χ0v) is 16.3. The number of nitrogens with zero attached hydrogens (tertiary/aromatic N) is 4. The van der Waals surface area contributed by atoms with Crippen LogP contribution < -0.4 is 4.74 Å². The number of sulfonamides is 1. The normalized spacial score (nSPS) is 17.0. The molecule has 0 atom stereocenters. The second kappa shape index (κ2) is 7.70. The zero-order valence-electron chi connectivity index (χ0n) is 15.5. The van der Waals surface area contributed by atoms with Gasteiger partial charge in [-0.15, -0.1) is 0 Å². The summed E-state index contributed by atoms with van der Waals surface area (Å²) in [7, 11) is -1.92. The van der Waals surface area contributed by atoms with E-state index < -0.39 is 21.9 Å². The molecule has 0 spiro atoms. The van der Waals surface area contributed by atoms with E-state index in [1.165, 1.54) is 22.6 Å².